The number of halogens is 1. The highest BCUT2D eigenvalue weighted by Gasteiger charge is 2.33. The Labute approximate surface area is 176 Å². The van der Waals surface area contributed by atoms with Crippen molar-refractivity contribution in [3.05, 3.63) is 75.4 Å². The summed E-state index contributed by atoms with van der Waals surface area (Å²) < 4.78 is 7.08. The van der Waals surface area contributed by atoms with E-state index in [1.54, 1.807) is 49.6 Å². The lowest BCUT2D eigenvalue weighted by molar-refractivity contribution is -0.122. The average Bonchev–Trinajstić information content (AvgIpc) is 3.23. The van der Waals surface area contributed by atoms with Gasteiger partial charge in [0.1, 0.15) is 12.3 Å². The summed E-state index contributed by atoms with van der Waals surface area (Å²) in [4.78, 5) is 39.0. The standard InChI is InChI=1S/C20H18ClN5O4/c1-30-15-8-6-14(7-9-15)24-11-17-23-25(20(29)26(17)19(24)28)12-18(27)22-10-13-4-2-3-5-16(13)21/h2-9H,10-12H2,1H3,(H,22,27). The van der Waals surface area contributed by atoms with Gasteiger partial charge in [-0.2, -0.15) is 9.67 Å². The zero-order chi connectivity index (χ0) is 21.3. The highest BCUT2D eigenvalue weighted by molar-refractivity contribution is 6.31. The van der Waals surface area contributed by atoms with Gasteiger partial charge in [-0.1, -0.05) is 29.8 Å². The van der Waals surface area contributed by atoms with Crippen LogP contribution in [0.5, 0.6) is 5.75 Å². The maximum absolute atomic E-state index is 12.7. The van der Waals surface area contributed by atoms with E-state index in [0.717, 1.165) is 14.8 Å². The number of nitrogens with zero attached hydrogens (tertiary/aromatic N) is 4. The Bertz CT molecular complexity index is 1170. The number of benzene rings is 2. The molecule has 1 N–H and O–H groups in total. The van der Waals surface area contributed by atoms with Crippen molar-refractivity contribution in [2.45, 2.75) is 19.6 Å². The Hall–Kier alpha value is -3.59. The van der Waals surface area contributed by atoms with E-state index in [0.29, 0.717) is 16.5 Å². The van der Waals surface area contributed by atoms with Crippen LogP contribution in [0, 0.1) is 0 Å². The second-order valence-corrected chi connectivity index (χ2v) is 7.03. The smallest absolute Gasteiger partial charge is 0.354 e. The lowest BCUT2D eigenvalue weighted by atomic mass is 10.2. The number of hydrogen-bond acceptors (Lipinski definition) is 5. The molecule has 0 atom stereocenters. The van der Waals surface area contributed by atoms with Gasteiger partial charge in [-0.3, -0.25) is 9.69 Å². The number of methoxy groups -OCH3 is 1. The van der Waals surface area contributed by atoms with Crippen molar-refractivity contribution in [2.75, 3.05) is 12.0 Å². The van der Waals surface area contributed by atoms with Gasteiger partial charge in [0.2, 0.25) is 5.91 Å². The summed E-state index contributed by atoms with van der Waals surface area (Å²) in [6.07, 6.45) is 0. The molecule has 1 aliphatic rings. The topological polar surface area (TPSA) is 98.5 Å². The molecular formula is C20H18ClN5O4. The number of carbonyl (C=O) groups excluding carboxylic acids is 2. The molecular weight excluding hydrogens is 410 g/mol. The Morgan fingerprint density at radius 1 is 1.17 bits per heavy atom. The average molecular weight is 428 g/mol. The van der Waals surface area contributed by atoms with Crippen molar-refractivity contribution >= 4 is 29.2 Å². The molecule has 0 radical (unpaired) electrons. The molecule has 0 bridgehead atoms. The monoisotopic (exact) mass is 427 g/mol. The van der Waals surface area contributed by atoms with Gasteiger partial charge in [0, 0.05) is 17.3 Å². The van der Waals surface area contributed by atoms with Crippen LogP contribution in [-0.2, 0) is 24.4 Å². The summed E-state index contributed by atoms with van der Waals surface area (Å²) in [5, 5.41) is 7.39. The number of fused-ring (bicyclic) bond motifs is 1. The van der Waals surface area contributed by atoms with Crippen LogP contribution in [0.25, 0.3) is 0 Å². The Morgan fingerprint density at radius 2 is 1.90 bits per heavy atom. The number of nitrogens with one attached hydrogen (secondary N) is 1. The molecule has 154 valence electrons. The Morgan fingerprint density at radius 3 is 2.57 bits per heavy atom. The molecule has 10 heteroatoms. The van der Waals surface area contributed by atoms with Crippen LogP contribution < -0.4 is 20.6 Å². The van der Waals surface area contributed by atoms with Gasteiger partial charge >= 0.3 is 11.7 Å². The molecule has 1 aliphatic heterocycles. The van der Waals surface area contributed by atoms with E-state index < -0.39 is 17.6 Å². The predicted molar refractivity (Wildman–Crippen MR) is 110 cm³/mol. The van der Waals surface area contributed by atoms with E-state index in [4.69, 9.17) is 16.3 Å². The molecule has 9 nitrogen and oxygen atoms in total. The lowest BCUT2D eigenvalue weighted by Crippen LogP contribution is -2.37. The third kappa shape index (κ3) is 3.67. The largest absolute Gasteiger partial charge is 0.497 e. The summed E-state index contributed by atoms with van der Waals surface area (Å²) in [6, 6.07) is 13.5. The van der Waals surface area contributed by atoms with Crippen LogP contribution >= 0.6 is 11.6 Å². The van der Waals surface area contributed by atoms with Gasteiger partial charge in [-0.25, -0.2) is 14.3 Å². The van der Waals surface area contributed by atoms with Gasteiger partial charge in [0.25, 0.3) is 0 Å². The first-order chi connectivity index (χ1) is 14.5. The van der Waals surface area contributed by atoms with Crippen molar-refractivity contribution in [1.82, 2.24) is 19.7 Å². The fourth-order valence-electron chi connectivity index (χ4n) is 3.17. The maximum atomic E-state index is 12.7. The molecule has 2 aromatic carbocycles. The molecule has 0 aliphatic carbocycles. The third-order valence-electron chi connectivity index (χ3n) is 4.74. The molecule has 2 amide bonds. The SMILES string of the molecule is COc1ccc(N2Cc3nn(CC(=O)NCc4ccccc4Cl)c(=O)n3C2=O)cc1. The molecule has 0 saturated heterocycles. The number of carbonyl (C=O) groups is 2. The number of aromatic nitrogens is 3. The normalized spacial score (nSPS) is 12.7. The van der Waals surface area contributed by atoms with E-state index in [9.17, 15) is 14.4 Å². The second kappa shape index (κ2) is 8.03. The maximum Gasteiger partial charge on any atom is 0.354 e. The highest BCUT2D eigenvalue weighted by atomic mass is 35.5. The molecule has 2 heterocycles. The van der Waals surface area contributed by atoms with Crippen molar-refractivity contribution in [3.8, 4) is 5.75 Å². The van der Waals surface area contributed by atoms with Crippen molar-refractivity contribution < 1.29 is 14.3 Å². The van der Waals surface area contributed by atoms with Crippen LogP contribution in [0.15, 0.2) is 53.3 Å². The molecule has 3 aromatic rings. The Balaban J connectivity index is 1.44. The highest BCUT2D eigenvalue weighted by Crippen LogP contribution is 2.24. The van der Waals surface area contributed by atoms with Crippen LogP contribution in [0.4, 0.5) is 10.5 Å². The van der Waals surface area contributed by atoms with Gasteiger partial charge in [0.05, 0.1) is 13.7 Å². The molecule has 4 rings (SSSR count). The minimum Gasteiger partial charge on any atom is -0.497 e. The summed E-state index contributed by atoms with van der Waals surface area (Å²) in [7, 11) is 1.55. The minimum atomic E-state index is -0.654. The van der Waals surface area contributed by atoms with Crippen LogP contribution in [0.1, 0.15) is 11.4 Å². The lowest BCUT2D eigenvalue weighted by Gasteiger charge is -2.15. The van der Waals surface area contributed by atoms with Crippen molar-refractivity contribution in [1.29, 1.82) is 0 Å². The summed E-state index contributed by atoms with van der Waals surface area (Å²) in [6.45, 7) is 0.0682. The number of hydrogen-bond donors (Lipinski definition) is 1. The van der Waals surface area contributed by atoms with Gasteiger partial charge in [-0.15, -0.1) is 0 Å². The number of anilines is 1. The summed E-state index contributed by atoms with van der Waals surface area (Å²) in [5.74, 6) is 0.529. The number of rotatable bonds is 6. The number of amides is 2. The number of ether oxygens (including phenoxy) is 1. The zero-order valence-electron chi connectivity index (χ0n) is 16.0. The van der Waals surface area contributed by atoms with E-state index in [1.165, 1.54) is 4.90 Å². The first-order valence-electron chi connectivity index (χ1n) is 9.12. The van der Waals surface area contributed by atoms with E-state index >= 15 is 0 Å². The molecule has 1 aromatic heterocycles. The molecule has 30 heavy (non-hydrogen) atoms. The van der Waals surface area contributed by atoms with Crippen LogP contribution in [0.2, 0.25) is 5.02 Å². The summed E-state index contributed by atoms with van der Waals surface area (Å²) in [5.41, 5.74) is 0.728. The molecule has 0 unspecified atom stereocenters. The second-order valence-electron chi connectivity index (χ2n) is 6.63. The van der Waals surface area contributed by atoms with Crippen LogP contribution in [-0.4, -0.2) is 33.4 Å². The van der Waals surface area contributed by atoms with Crippen molar-refractivity contribution in [2.24, 2.45) is 0 Å². The molecule has 0 saturated carbocycles. The van der Waals surface area contributed by atoms with E-state index in [2.05, 4.69) is 10.4 Å². The van der Waals surface area contributed by atoms with Crippen molar-refractivity contribution in [3.63, 3.8) is 0 Å². The summed E-state index contributed by atoms with van der Waals surface area (Å²) >= 11 is 6.07. The Kier molecular flexibility index (Phi) is 5.28. The van der Waals surface area contributed by atoms with Gasteiger partial charge < -0.3 is 10.1 Å². The van der Waals surface area contributed by atoms with Gasteiger partial charge in [-0.05, 0) is 35.9 Å². The van der Waals surface area contributed by atoms with E-state index in [1.807, 2.05) is 6.07 Å². The zero-order valence-corrected chi connectivity index (χ0v) is 16.8. The van der Waals surface area contributed by atoms with Gasteiger partial charge in [0.15, 0.2) is 5.82 Å². The minimum absolute atomic E-state index is 0.134. The van der Waals surface area contributed by atoms with Crippen LogP contribution in [0.3, 0.4) is 0 Å². The quantitative estimate of drug-likeness (QED) is 0.648. The predicted octanol–water partition coefficient (Wildman–Crippen LogP) is 2.01. The fourth-order valence-corrected chi connectivity index (χ4v) is 3.37. The molecule has 0 spiro atoms. The fraction of sp³-hybridized carbons (Fsp3) is 0.200. The third-order valence-corrected chi connectivity index (χ3v) is 5.11. The van der Waals surface area contributed by atoms with E-state index in [-0.39, 0.29) is 25.5 Å². The first-order valence-corrected chi connectivity index (χ1v) is 9.50. The first kappa shape index (κ1) is 19.7. The molecule has 0 fully saturated rings.